The minimum atomic E-state index is -2.61. The molecule has 0 saturated carbocycles. The van der Waals surface area contributed by atoms with E-state index in [1.807, 2.05) is 60.7 Å². The largest absolute Gasteiger partial charge is 0.318 e. The lowest BCUT2D eigenvalue weighted by Crippen LogP contribution is -2.28. The molecule has 0 amide bonds. The van der Waals surface area contributed by atoms with Gasteiger partial charge in [0.15, 0.2) is 0 Å². The predicted octanol–water partition coefficient (Wildman–Crippen LogP) is 6.35. The Labute approximate surface area is 165 Å². The summed E-state index contributed by atoms with van der Waals surface area (Å²) >= 11 is 0. The second kappa shape index (κ2) is 8.10. The molecule has 148 valence electrons. The Morgan fingerprint density at radius 3 is 1.15 bits per heavy atom. The van der Waals surface area contributed by atoms with E-state index in [-0.39, 0.29) is 10.3 Å². The molecule has 0 fully saturated rings. The first-order valence-electron chi connectivity index (χ1n) is 9.71. The molecule has 0 radical (unpaired) electrons. The molecule has 2 aromatic rings. The fraction of sp³-hybridized carbons (Fsp3) is 0.478. The summed E-state index contributed by atoms with van der Waals surface area (Å²) in [6.45, 7) is 12.3. The van der Waals surface area contributed by atoms with Crippen LogP contribution in [0.15, 0.2) is 60.7 Å². The van der Waals surface area contributed by atoms with E-state index in [9.17, 15) is 9.13 Å². The molecule has 0 aromatic heterocycles. The molecule has 0 spiro atoms. The first kappa shape index (κ1) is 22.2. The zero-order valence-electron chi connectivity index (χ0n) is 17.6. The van der Waals surface area contributed by atoms with Gasteiger partial charge in [-0.2, -0.15) is 0 Å². The average Bonchev–Trinajstić information content (AvgIpc) is 2.61. The van der Waals surface area contributed by atoms with E-state index < -0.39 is 14.3 Å². The van der Waals surface area contributed by atoms with Crippen molar-refractivity contribution in [2.24, 2.45) is 0 Å². The van der Waals surface area contributed by atoms with Crippen LogP contribution >= 0.6 is 14.3 Å². The fourth-order valence-electron chi connectivity index (χ4n) is 3.56. The van der Waals surface area contributed by atoms with Gasteiger partial charge >= 0.3 is 0 Å². The van der Waals surface area contributed by atoms with Crippen molar-refractivity contribution in [2.75, 3.05) is 12.3 Å². The highest BCUT2D eigenvalue weighted by atomic mass is 31.2. The van der Waals surface area contributed by atoms with E-state index in [2.05, 4.69) is 41.5 Å². The lowest BCUT2D eigenvalue weighted by atomic mass is 10.3. The Morgan fingerprint density at radius 1 is 0.593 bits per heavy atom. The van der Waals surface area contributed by atoms with E-state index in [0.717, 1.165) is 10.6 Å². The van der Waals surface area contributed by atoms with Crippen molar-refractivity contribution < 1.29 is 9.13 Å². The molecule has 0 aliphatic rings. The maximum Gasteiger partial charge on any atom is 0.120 e. The van der Waals surface area contributed by atoms with Crippen molar-refractivity contribution in [3.05, 3.63) is 60.7 Å². The standard InChI is InChI=1S/C23H34O2P2/c1-22(2,3)26(24,20-14-9-7-10-15-20)18-13-19-27(25,23(4,5)6)21-16-11-8-12-17-21/h7-12,14-17H,13,18-19H2,1-6H3. The van der Waals surface area contributed by atoms with Crippen molar-refractivity contribution in [1.29, 1.82) is 0 Å². The van der Waals surface area contributed by atoms with E-state index in [1.54, 1.807) is 0 Å². The molecule has 27 heavy (non-hydrogen) atoms. The summed E-state index contributed by atoms with van der Waals surface area (Å²) in [4.78, 5) is 0. The lowest BCUT2D eigenvalue weighted by molar-refractivity contribution is 0.550. The van der Waals surface area contributed by atoms with Gasteiger partial charge in [0.05, 0.1) is 0 Å². The van der Waals surface area contributed by atoms with Gasteiger partial charge in [0.1, 0.15) is 14.3 Å². The smallest absolute Gasteiger partial charge is 0.120 e. The van der Waals surface area contributed by atoms with Gasteiger partial charge in [0, 0.05) is 33.2 Å². The van der Waals surface area contributed by atoms with E-state index in [4.69, 9.17) is 0 Å². The SMILES string of the molecule is CC(C)(C)P(=O)(CCCP(=O)(c1ccccc1)C(C)(C)C)c1ccccc1. The first-order chi connectivity index (χ1) is 12.4. The van der Waals surface area contributed by atoms with E-state index in [1.165, 1.54) is 0 Å². The molecule has 2 rings (SSSR count). The van der Waals surface area contributed by atoms with Crippen molar-refractivity contribution >= 4 is 24.9 Å². The zero-order valence-corrected chi connectivity index (χ0v) is 19.4. The van der Waals surface area contributed by atoms with Crippen LogP contribution < -0.4 is 10.6 Å². The van der Waals surface area contributed by atoms with Gasteiger partial charge in [-0.1, -0.05) is 102 Å². The van der Waals surface area contributed by atoms with Crippen LogP contribution in [-0.2, 0) is 9.13 Å². The van der Waals surface area contributed by atoms with Crippen molar-refractivity contribution in [2.45, 2.75) is 58.3 Å². The Balaban J connectivity index is 2.30. The maximum absolute atomic E-state index is 14.0. The second-order valence-electron chi connectivity index (χ2n) is 9.29. The second-order valence-corrected chi connectivity index (χ2v) is 16.9. The molecular weight excluding hydrogens is 370 g/mol. The van der Waals surface area contributed by atoms with Crippen LogP contribution in [-0.4, -0.2) is 22.6 Å². The number of rotatable bonds is 6. The minimum Gasteiger partial charge on any atom is -0.318 e. The number of hydrogen-bond donors (Lipinski definition) is 0. The molecular formula is C23H34O2P2. The fourth-order valence-corrected chi connectivity index (χ4v) is 9.73. The average molecular weight is 404 g/mol. The molecule has 0 heterocycles. The highest BCUT2D eigenvalue weighted by Gasteiger charge is 2.41. The molecule has 0 aliphatic heterocycles. The van der Waals surface area contributed by atoms with E-state index in [0.29, 0.717) is 18.7 Å². The van der Waals surface area contributed by atoms with Crippen molar-refractivity contribution in [3.8, 4) is 0 Å². The van der Waals surface area contributed by atoms with Crippen molar-refractivity contribution in [3.63, 3.8) is 0 Å². The Hall–Kier alpha value is -1.10. The van der Waals surface area contributed by atoms with Gasteiger partial charge in [-0.05, 0) is 6.42 Å². The van der Waals surface area contributed by atoms with Gasteiger partial charge in [-0.15, -0.1) is 0 Å². The van der Waals surface area contributed by atoms with E-state index >= 15 is 0 Å². The molecule has 2 aromatic carbocycles. The Kier molecular flexibility index (Phi) is 6.66. The van der Waals surface area contributed by atoms with Crippen LogP contribution in [0, 0.1) is 0 Å². The van der Waals surface area contributed by atoms with Crippen LogP contribution in [0.1, 0.15) is 48.0 Å². The van der Waals surface area contributed by atoms with Crippen LogP contribution in [0.3, 0.4) is 0 Å². The molecule has 0 N–H and O–H groups in total. The van der Waals surface area contributed by atoms with Gasteiger partial charge in [0.2, 0.25) is 0 Å². The van der Waals surface area contributed by atoms with Crippen LogP contribution in [0.5, 0.6) is 0 Å². The summed E-state index contributed by atoms with van der Waals surface area (Å²) in [5, 5.41) is 1.24. The molecule has 2 atom stereocenters. The molecule has 4 heteroatoms. The van der Waals surface area contributed by atoms with Crippen LogP contribution in [0.2, 0.25) is 0 Å². The predicted molar refractivity (Wildman–Crippen MR) is 121 cm³/mol. The summed E-state index contributed by atoms with van der Waals surface area (Å²) in [5.74, 6) is 0. The van der Waals surface area contributed by atoms with Gasteiger partial charge in [-0.3, -0.25) is 0 Å². The highest BCUT2D eigenvalue weighted by molar-refractivity contribution is 7.74. The third kappa shape index (κ3) is 4.67. The monoisotopic (exact) mass is 404 g/mol. The van der Waals surface area contributed by atoms with Crippen LogP contribution in [0.4, 0.5) is 0 Å². The number of benzene rings is 2. The Bertz CT molecular complexity index is 757. The van der Waals surface area contributed by atoms with Crippen LogP contribution in [0.25, 0.3) is 0 Å². The molecule has 2 unspecified atom stereocenters. The highest BCUT2D eigenvalue weighted by Crippen LogP contribution is 2.60. The minimum absolute atomic E-state index is 0.313. The first-order valence-corrected chi connectivity index (χ1v) is 13.5. The summed E-state index contributed by atoms with van der Waals surface area (Å²) in [6.07, 6.45) is 1.88. The van der Waals surface area contributed by atoms with Crippen molar-refractivity contribution in [1.82, 2.24) is 0 Å². The van der Waals surface area contributed by atoms with Gasteiger partial charge in [0.25, 0.3) is 0 Å². The van der Waals surface area contributed by atoms with Gasteiger partial charge in [-0.25, -0.2) is 0 Å². The molecule has 2 nitrogen and oxygen atoms in total. The normalized spacial score (nSPS) is 17.1. The summed E-state index contributed by atoms with van der Waals surface area (Å²) < 4.78 is 28.0. The zero-order chi connectivity index (χ0) is 20.3. The third-order valence-corrected chi connectivity index (χ3v) is 14.0. The lowest BCUT2D eigenvalue weighted by Gasteiger charge is -2.35. The molecule has 0 bridgehead atoms. The molecule has 0 saturated heterocycles. The summed E-state index contributed by atoms with van der Waals surface area (Å²) in [6, 6.07) is 19.7. The maximum atomic E-state index is 14.0. The Morgan fingerprint density at radius 2 is 0.889 bits per heavy atom. The molecule has 0 aliphatic carbocycles. The summed E-state index contributed by atoms with van der Waals surface area (Å²) in [7, 11) is -5.21. The quantitative estimate of drug-likeness (QED) is 0.526. The summed E-state index contributed by atoms with van der Waals surface area (Å²) in [5.41, 5.74) is 0. The topological polar surface area (TPSA) is 34.1 Å². The third-order valence-electron chi connectivity index (χ3n) is 5.46. The number of hydrogen-bond acceptors (Lipinski definition) is 2. The van der Waals surface area contributed by atoms with Gasteiger partial charge < -0.3 is 9.13 Å².